The number of ketones is 2. The fraction of sp³-hybridized carbons (Fsp3) is 0.0455. The molecule has 0 heterocycles. The molecule has 7 heteroatoms. The summed E-state index contributed by atoms with van der Waals surface area (Å²) in [6.07, 6.45) is 0. The van der Waals surface area contributed by atoms with Crippen LogP contribution in [0.4, 0.5) is 5.69 Å². The molecule has 0 spiro atoms. The summed E-state index contributed by atoms with van der Waals surface area (Å²) < 4.78 is 5.38. The van der Waals surface area contributed by atoms with Gasteiger partial charge < -0.3 is 15.2 Å². The molecule has 0 aliphatic heterocycles. The number of hydrogen-bond acceptors (Lipinski definition) is 5. The predicted molar refractivity (Wildman–Crippen MR) is 107 cm³/mol. The Bertz CT molecular complexity index is 1150. The van der Waals surface area contributed by atoms with Crippen LogP contribution in [-0.2, 0) is 4.79 Å². The van der Waals surface area contributed by atoms with Crippen molar-refractivity contribution in [3.05, 3.63) is 87.9 Å². The standard InChI is InChI=1S/C22H14ClNO5/c23-12-5-7-13(8-6-12)24-18(25)11-29-17-10-9-16-19(22(17)28)21(27)15-4-2-1-3-14(15)20(16)26/h1-10,28H,11H2,(H,24,25). The number of fused-ring (bicyclic) bond motifs is 2. The Hall–Kier alpha value is -3.64. The molecule has 1 amide bonds. The molecule has 29 heavy (non-hydrogen) atoms. The summed E-state index contributed by atoms with van der Waals surface area (Å²) in [5.41, 5.74) is 1.03. The monoisotopic (exact) mass is 407 g/mol. The first-order chi connectivity index (χ1) is 14.0. The second-order valence-electron chi connectivity index (χ2n) is 6.38. The summed E-state index contributed by atoms with van der Waals surface area (Å²) >= 11 is 5.80. The highest BCUT2D eigenvalue weighted by atomic mass is 35.5. The van der Waals surface area contributed by atoms with Crippen LogP contribution in [0.3, 0.4) is 0 Å². The van der Waals surface area contributed by atoms with Gasteiger partial charge in [0.25, 0.3) is 5.91 Å². The van der Waals surface area contributed by atoms with Crippen molar-refractivity contribution in [2.45, 2.75) is 0 Å². The molecule has 0 fully saturated rings. The van der Waals surface area contributed by atoms with Gasteiger partial charge in [-0.05, 0) is 36.4 Å². The maximum absolute atomic E-state index is 12.8. The predicted octanol–water partition coefficient (Wildman–Crippen LogP) is 3.84. The van der Waals surface area contributed by atoms with Crippen LogP contribution in [0, 0.1) is 0 Å². The van der Waals surface area contributed by atoms with Gasteiger partial charge in [0.15, 0.2) is 29.7 Å². The third-order valence-corrected chi connectivity index (χ3v) is 4.77. The molecular weight excluding hydrogens is 394 g/mol. The van der Waals surface area contributed by atoms with Crippen LogP contribution >= 0.6 is 11.6 Å². The van der Waals surface area contributed by atoms with E-state index < -0.39 is 24.0 Å². The maximum Gasteiger partial charge on any atom is 0.262 e. The largest absolute Gasteiger partial charge is 0.504 e. The molecule has 0 saturated carbocycles. The van der Waals surface area contributed by atoms with E-state index in [4.69, 9.17) is 16.3 Å². The Morgan fingerprint density at radius 2 is 1.55 bits per heavy atom. The normalized spacial score (nSPS) is 12.2. The number of halogens is 1. The van der Waals surface area contributed by atoms with E-state index in [9.17, 15) is 19.5 Å². The Morgan fingerprint density at radius 1 is 0.897 bits per heavy atom. The number of ether oxygens (including phenoxy) is 1. The van der Waals surface area contributed by atoms with Gasteiger partial charge in [-0.15, -0.1) is 0 Å². The number of amides is 1. The molecule has 4 rings (SSSR count). The molecule has 0 aromatic heterocycles. The zero-order chi connectivity index (χ0) is 20.5. The first-order valence-electron chi connectivity index (χ1n) is 8.68. The summed E-state index contributed by atoms with van der Waals surface area (Å²) in [5.74, 6) is -1.80. The van der Waals surface area contributed by atoms with E-state index in [2.05, 4.69) is 5.32 Å². The van der Waals surface area contributed by atoms with Crippen molar-refractivity contribution in [2.24, 2.45) is 0 Å². The number of hydrogen-bond donors (Lipinski definition) is 2. The summed E-state index contributed by atoms with van der Waals surface area (Å²) in [7, 11) is 0. The number of phenols is 1. The minimum atomic E-state index is -0.469. The zero-order valence-corrected chi connectivity index (χ0v) is 15.7. The van der Waals surface area contributed by atoms with E-state index in [1.165, 1.54) is 18.2 Å². The lowest BCUT2D eigenvalue weighted by Gasteiger charge is -2.19. The molecule has 1 aliphatic carbocycles. The smallest absolute Gasteiger partial charge is 0.262 e. The fourth-order valence-corrected chi connectivity index (χ4v) is 3.27. The third kappa shape index (κ3) is 3.46. The van der Waals surface area contributed by atoms with Crippen LogP contribution in [0.15, 0.2) is 60.7 Å². The number of aromatic hydroxyl groups is 1. The average molecular weight is 408 g/mol. The number of benzene rings is 3. The molecule has 6 nitrogen and oxygen atoms in total. The molecular formula is C22H14ClNO5. The Morgan fingerprint density at radius 3 is 2.24 bits per heavy atom. The van der Waals surface area contributed by atoms with Gasteiger partial charge in [0.2, 0.25) is 0 Å². The lowest BCUT2D eigenvalue weighted by Crippen LogP contribution is -2.22. The molecule has 0 saturated heterocycles. The summed E-state index contributed by atoms with van der Waals surface area (Å²) in [4.78, 5) is 37.5. The molecule has 0 radical (unpaired) electrons. The summed E-state index contributed by atoms with van der Waals surface area (Å²) in [6, 6.07) is 15.7. The quantitative estimate of drug-likeness (QED) is 0.536. The second-order valence-corrected chi connectivity index (χ2v) is 6.82. The third-order valence-electron chi connectivity index (χ3n) is 4.52. The first kappa shape index (κ1) is 18.7. The first-order valence-corrected chi connectivity index (χ1v) is 9.06. The van der Waals surface area contributed by atoms with Gasteiger partial charge >= 0.3 is 0 Å². The second kappa shape index (κ2) is 7.41. The van der Waals surface area contributed by atoms with Crippen LogP contribution in [0.2, 0.25) is 5.02 Å². The van der Waals surface area contributed by atoms with Crippen LogP contribution in [0.25, 0.3) is 0 Å². The number of anilines is 1. The van der Waals surface area contributed by atoms with Crippen molar-refractivity contribution in [3.8, 4) is 11.5 Å². The molecule has 0 unspecified atom stereocenters. The lowest BCUT2D eigenvalue weighted by atomic mass is 9.83. The number of carbonyl (C=O) groups excluding carboxylic acids is 3. The van der Waals surface area contributed by atoms with Crippen molar-refractivity contribution in [3.63, 3.8) is 0 Å². The minimum Gasteiger partial charge on any atom is -0.504 e. The average Bonchev–Trinajstić information content (AvgIpc) is 2.72. The van der Waals surface area contributed by atoms with Crippen molar-refractivity contribution < 1.29 is 24.2 Å². The summed E-state index contributed by atoms with van der Waals surface area (Å²) in [6.45, 7) is -0.395. The molecule has 0 bridgehead atoms. The van der Waals surface area contributed by atoms with Crippen molar-refractivity contribution in [1.29, 1.82) is 0 Å². The lowest BCUT2D eigenvalue weighted by molar-refractivity contribution is -0.118. The van der Waals surface area contributed by atoms with Crippen molar-refractivity contribution in [2.75, 3.05) is 11.9 Å². The molecule has 3 aromatic rings. The number of carbonyl (C=O) groups is 3. The molecule has 3 aromatic carbocycles. The topological polar surface area (TPSA) is 92.7 Å². The summed E-state index contributed by atoms with van der Waals surface area (Å²) in [5, 5.41) is 13.7. The van der Waals surface area contributed by atoms with E-state index in [1.54, 1.807) is 42.5 Å². The van der Waals surface area contributed by atoms with Crippen LogP contribution in [-0.4, -0.2) is 29.2 Å². The zero-order valence-electron chi connectivity index (χ0n) is 14.9. The van der Waals surface area contributed by atoms with Crippen molar-refractivity contribution in [1.82, 2.24) is 0 Å². The highest BCUT2D eigenvalue weighted by molar-refractivity contribution is 6.30. The van der Waals surface area contributed by atoms with Gasteiger partial charge in [-0.25, -0.2) is 0 Å². The Balaban J connectivity index is 1.54. The molecule has 144 valence electrons. The molecule has 1 aliphatic rings. The van der Waals surface area contributed by atoms with Gasteiger partial charge in [0.05, 0.1) is 5.56 Å². The van der Waals surface area contributed by atoms with E-state index >= 15 is 0 Å². The van der Waals surface area contributed by atoms with Gasteiger partial charge in [-0.1, -0.05) is 35.9 Å². The van der Waals surface area contributed by atoms with E-state index in [1.807, 2.05) is 0 Å². The van der Waals surface area contributed by atoms with E-state index in [0.29, 0.717) is 16.3 Å². The SMILES string of the molecule is O=C(COc1ccc2c(c1O)C(=O)c1ccccc1C2=O)Nc1ccc(Cl)cc1. The van der Waals surface area contributed by atoms with Gasteiger partial charge in [-0.3, -0.25) is 14.4 Å². The van der Waals surface area contributed by atoms with Gasteiger partial charge in [-0.2, -0.15) is 0 Å². The highest BCUT2D eigenvalue weighted by Gasteiger charge is 2.33. The van der Waals surface area contributed by atoms with Crippen LogP contribution in [0.5, 0.6) is 11.5 Å². The Kier molecular flexibility index (Phi) is 4.78. The van der Waals surface area contributed by atoms with Gasteiger partial charge in [0, 0.05) is 27.4 Å². The van der Waals surface area contributed by atoms with E-state index in [-0.39, 0.29) is 28.2 Å². The molecule has 0 atom stereocenters. The van der Waals surface area contributed by atoms with Crippen LogP contribution in [0.1, 0.15) is 31.8 Å². The number of rotatable bonds is 4. The van der Waals surface area contributed by atoms with Crippen molar-refractivity contribution >= 4 is 34.8 Å². The Labute approximate surface area is 170 Å². The fourth-order valence-electron chi connectivity index (χ4n) is 3.14. The van der Waals surface area contributed by atoms with Gasteiger partial charge in [0.1, 0.15) is 0 Å². The number of phenolic OH excluding ortho intramolecular Hbond substituents is 1. The minimum absolute atomic E-state index is 0.0597. The highest BCUT2D eigenvalue weighted by Crippen LogP contribution is 2.38. The number of nitrogens with one attached hydrogen (secondary N) is 1. The molecule has 2 N–H and O–H groups in total. The van der Waals surface area contributed by atoms with E-state index in [0.717, 1.165) is 0 Å². The maximum atomic E-state index is 12.8. The van der Waals surface area contributed by atoms with Crippen LogP contribution < -0.4 is 10.1 Å².